The van der Waals surface area contributed by atoms with Crippen LogP contribution >= 0.6 is 7.82 Å². The van der Waals surface area contributed by atoms with E-state index in [1.165, 1.54) is 141 Å². The van der Waals surface area contributed by atoms with Crippen molar-refractivity contribution in [3.8, 4) is 0 Å². The fraction of sp³-hybridized carbons (Fsp3) is 0.907. The first kappa shape index (κ1) is 51.8. The van der Waals surface area contributed by atoms with Gasteiger partial charge in [-0.05, 0) is 38.5 Å². The van der Waals surface area contributed by atoms with E-state index in [1.54, 1.807) is 0 Å². The van der Waals surface area contributed by atoms with Crippen LogP contribution in [0.15, 0.2) is 12.2 Å². The molecule has 0 radical (unpaired) electrons. The number of hydrogen-bond donors (Lipinski definition) is 2. The molecule has 2 atom stereocenters. The molecule has 0 aromatic heterocycles. The van der Waals surface area contributed by atoms with E-state index in [4.69, 9.17) is 24.3 Å². The van der Waals surface area contributed by atoms with Gasteiger partial charge >= 0.3 is 19.8 Å². The Balaban J connectivity index is 4.12. The molecule has 0 heterocycles. The van der Waals surface area contributed by atoms with Gasteiger partial charge in [-0.3, -0.25) is 18.6 Å². The third kappa shape index (κ3) is 40.2. The highest BCUT2D eigenvalue weighted by atomic mass is 31.2. The summed E-state index contributed by atoms with van der Waals surface area (Å²) in [6, 6.07) is 0. The van der Waals surface area contributed by atoms with Crippen molar-refractivity contribution >= 4 is 19.8 Å². The quantitative estimate of drug-likeness (QED) is 0.0269. The van der Waals surface area contributed by atoms with Crippen molar-refractivity contribution in [2.45, 2.75) is 225 Å². The maximum atomic E-state index is 12.6. The monoisotopic (exact) mass is 774 g/mol. The minimum Gasteiger partial charge on any atom is -0.462 e. The summed E-state index contributed by atoms with van der Waals surface area (Å²) in [7, 11) is -4.37. The zero-order valence-corrected chi connectivity index (χ0v) is 35.4. The Morgan fingerprint density at radius 1 is 0.547 bits per heavy atom. The summed E-state index contributed by atoms with van der Waals surface area (Å²) in [5, 5.41) is 0. The second kappa shape index (κ2) is 40.4. The highest BCUT2D eigenvalue weighted by molar-refractivity contribution is 7.47. The summed E-state index contributed by atoms with van der Waals surface area (Å²) in [4.78, 5) is 34.9. The number of phosphoric ester groups is 1. The lowest BCUT2D eigenvalue weighted by molar-refractivity contribution is -0.161. The molecular weight excluding hydrogens is 689 g/mol. The van der Waals surface area contributed by atoms with E-state index in [2.05, 4.69) is 26.0 Å². The van der Waals surface area contributed by atoms with Gasteiger partial charge in [0.05, 0.1) is 13.2 Å². The van der Waals surface area contributed by atoms with Crippen LogP contribution in [0.2, 0.25) is 0 Å². The largest absolute Gasteiger partial charge is 0.472 e. The molecule has 0 fully saturated rings. The number of carbonyl (C=O) groups is 2. The van der Waals surface area contributed by atoms with E-state index < -0.39 is 26.5 Å². The van der Waals surface area contributed by atoms with Gasteiger partial charge in [0.2, 0.25) is 0 Å². The van der Waals surface area contributed by atoms with Crippen LogP contribution in [0.5, 0.6) is 0 Å². The number of phosphoric acid groups is 1. The molecule has 0 spiro atoms. The topological polar surface area (TPSA) is 134 Å². The van der Waals surface area contributed by atoms with Crippen LogP contribution in [0.1, 0.15) is 219 Å². The zero-order chi connectivity index (χ0) is 38.9. The molecule has 0 aliphatic heterocycles. The SMILES string of the molecule is CCCCCCCCC=CCCCCCCCCCC(=O)OC(COC(=O)CCCCCCCCCCCCCCCCC)COP(=O)(O)OCCN. The maximum absolute atomic E-state index is 12.6. The highest BCUT2D eigenvalue weighted by Gasteiger charge is 2.26. The molecular formula is C43H84NO8P. The maximum Gasteiger partial charge on any atom is 0.472 e. The van der Waals surface area contributed by atoms with Gasteiger partial charge in [0, 0.05) is 19.4 Å². The number of ether oxygens (including phenoxy) is 2. The van der Waals surface area contributed by atoms with Crippen LogP contribution in [0.4, 0.5) is 0 Å². The molecule has 0 aliphatic rings. The van der Waals surface area contributed by atoms with Gasteiger partial charge in [0.1, 0.15) is 6.61 Å². The summed E-state index contributed by atoms with van der Waals surface area (Å²) in [5.74, 6) is -0.822. The van der Waals surface area contributed by atoms with E-state index in [9.17, 15) is 19.0 Å². The minimum atomic E-state index is -4.37. The third-order valence-electron chi connectivity index (χ3n) is 9.65. The number of unbranched alkanes of at least 4 members (excludes halogenated alkanes) is 27. The molecule has 0 saturated carbocycles. The van der Waals surface area contributed by atoms with Crippen molar-refractivity contribution in [3.05, 3.63) is 12.2 Å². The summed E-state index contributed by atoms with van der Waals surface area (Å²) < 4.78 is 32.8. The van der Waals surface area contributed by atoms with Crippen molar-refractivity contribution in [1.29, 1.82) is 0 Å². The van der Waals surface area contributed by atoms with E-state index in [0.29, 0.717) is 6.42 Å². The molecule has 0 amide bonds. The molecule has 314 valence electrons. The predicted octanol–water partition coefficient (Wildman–Crippen LogP) is 12.6. The molecule has 0 rings (SSSR count). The van der Waals surface area contributed by atoms with Gasteiger partial charge in [-0.15, -0.1) is 0 Å². The number of esters is 2. The molecule has 9 nitrogen and oxygen atoms in total. The summed E-state index contributed by atoms with van der Waals surface area (Å²) >= 11 is 0. The fourth-order valence-corrected chi connectivity index (χ4v) is 7.10. The molecule has 0 bridgehead atoms. The first-order valence-corrected chi connectivity index (χ1v) is 23.7. The average molecular weight is 774 g/mol. The van der Waals surface area contributed by atoms with Crippen LogP contribution in [0.3, 0.4) is 0 Å². The minimum absolute atomic E-state index is 0.0555. The first-order valence-electron chi connectivity index (χ1n) is 22.2. The van der Waals surface area contributed by atoms with Gasteiger partial charge in [0.25, 0.3) is 0 Å². The predicted molar refractivity (Wildman–Crippen MR) is 220 cm³/mol. The molecule has 0 saturated heterocycles. The van der Waals surface area contributed by atoms with Gasteiger partial charge < -0.3 is 20.1 Å². The van der Waals surface area contributed by atoms with Crippen molar-refractivity contribution < 1.29 is 37.6 Å². The fourth-order valence-electron chi connectivity index (χ4n) is 6.34. The molecule has 0 aromatic rings. The van der Waals surface area contributed by atoms with Crippen molar-refractivity contribution in [2.75, 3.05) is 26.4 Å². The summed E-state index contributed by atoms with van der Waals surface area (Å²) in [5.41, 5.74) is 5.35. The van der Waals surface area contributed by atoms with Crippen LogP contribution in [0, 0.1) is 0 Å². The number of hydrogen-bond acceptors (Lipinski definition) is 8. The normalized spacial score (nSPS) is 13.4. The second-order valence-electron chi connectivity index (χ2n) is 14.9. The smallest absolute Gasteiger partial charge is 0.462 e. The van der Waals surface area contributed by atoms with Crippen LogP contribution in [-0.4, -0.2) is 49.3 Å². The van der Waals surface area contributed by atoms with E-state index in [-0.39, 0.29) is 38.6 Å². The number of nitrogens with two attached hydrogens (primary N) is 1. The number of rotatable bonds is 42. The Kier molecular flexibility index (Phi) is 39.5. The highest BCUT2D eigenvalue weighted by Crippen LogP contribution is 2.43. The van der Waals surface area contributed by atoms with Crippen LogP contribution in [0.25, 0.3) is 0 Å². The molecule has 10 heteroatoms. The Bertz CT molecular complexity index is 886. The van der Waals surface area contributed by atoms with E-state index >= 15 is 0 Å². The second-order valence-corrected chi connectivity index (χ2v) is 16.4. The van der Waals surface area contributed by atoms with E-state index in [0.717, 1.165) is 44.9 Å². The lowest BCUT2D eigenvalue weighted by atomic mass is 10.0. The van der Waals surface area contributed by atoms with Crippen LogP contribution in [-0.2, 0) is 32.7 Å². The lowest BCUT2D eigenvalue weighted by Gasteiger charge is -2.19. The van der Waals surface area contributed by atoms with Gasteiger partial charge in [-0.25, -0.2) is 4.57 Å². The van der Waals surface area contributed by atoms with Gasteiger partial charge in [-0.1, -0.05) is 180 Å². The van der Waals surface area contributed by atoms with Crippen LogP contribution < -0.4 is 5.73 Å². The Hall–Kier alpha value is -1.25. The number of allylic oxidation sites excluding steroid dienone is 2. The Labute approximate surface area is 326 Å². The third-order valence-corrected chi connectivity index (χ3v) is 10.6. The summed E-state index contributed by atoms with van der Waals surface area (Å²) in [6.45, 7) is 3.75. The zero-order valence-electron chi connectivity index (χ0n) is 34.5. The molecule has 0 aliphatic carbocycles. The van der Waals surface area contributed by atoms with Crippen molar-refractivity contribution in [1.82, 2.24) is 0 Å². The molecule has 2 unspecified atom stereocenters. The first-order chi connectivity index (χ1) is 25.8. The van der Waals surface area contributed by atoms with Crippen molar-refractivity contribution in [3.63, 3.8) is 0 Å². The number of carbonyl (C=O) groups excluding carboxylic acids is 2. The molecule has 53 heavy (non-hydrogen) atoms. The van der Waals surface area contributed by atoms with E-state index in [1.807, 2.05) is 0 Å². The average Bonchev–Trinajstić information content (AvgIpc) is 3.14. The van der Waals surface area contributed by atoms with Crippen molar-refractivity contribution in [2.24, 2.45) is 5.73 Å². The Morgan fingerprint density at radius 3 is 1.34 bits per heavy atom. The summed E-state index contributed by atoms with van der Waals surface area (Å²) in [6.07, 6.45) is 40.9. The Morgan fingerprint density at radius 2 is 0.925 bits per heavy atom. The van der Waals surface area contributed by atoms with Gasteiger partial charge in [-0.2, -0.15) is 0 Å². The molecule has 0 aromatic carbocycles. The van der Waals surface area contributed by atoms with Gasteiger partial charge in [0.15, 0.2) is 6.10 Å². The lowest BCUT2D eigenvalue weighted by Crippen LogP contribution is -2.29. The molecule has 3 N–H and O–H groups in total. The standard InChI is InChI=1S/C43H84NO8P/c1-3-5-7-9-11-13-15-17-19-20-22-24-26-28-30-32-34-36-43(46)52-41(40-51-53(47,48)50-38-37-44)39-49-42(45)35-33-31-29-27-25-23-21-18-16-14-12-10-8-6-4-2/h17,19,41H,3-16,18,20-40,44H2,1-2H3,(H,47,48).